The Labute approximate surface area is 157 Å². The molecule has 1 unspecified atom stereocenters. The van der Waals surface area contributed by atoms with Gasteiger partial charge in [-0.3, -0.25) is 9.69 Å². The summed E-state index contributed by atoms with van der Waals surface area (Å²) in [6.45, 7) is 5.69. The second-order valence-electron chi connectivity index (χ2n) is 6.02. The largest absolute Gasteiger partial charge is 0.379 e. The van der Waals surface area contributed by atoms with E-state index in [0.717, 1.165) is 40.5 Å². The lowest BCUT2D eigenvalue weighted by molar-refractivity contribution is 0.0162. The van der Waals surface area contributed by atoms with Crippen molar-refractivity contribution in [3.63, 3.8) is 0 Å². The molecule has 0 radical (unpaired) electrons. The molecule has 1 aromatic heterocycles. The van der Waals surface area contributed by atoms with Crippen molar-refractivity contribution in [2.24, 2.45) is 0 Å². The van der Waals surface area contributed by atoms with Crippen LogP contribution in [0.5, 0.6) is 0 Å². The quantitative estimate of drug-likeness (QED) is 0.831. The number of morpholine rings is 1. The van der Waals surface area contributed by atoms with Gasteiger partial charge in [-0.05, 0) is 35.1 Å². The van der Waals surface area contributed by atoms with Crippen LogP contribution in [0.4, 0.5) is 0 Å². The number of nitrogens with zero attached hydrogens (tertiary/aromatic N) is 1. The van der Waals surface area contributed by atoms with Crippen molar-refractivity contribution in [2.45, 2.75) is 19.4 Å². The first-order chi connectivity index (χ1) is 12.2. The predicted octanol–water partition coefficient (Wildman–Crippen LogP) is 3.77. The molecule has 1 N–H and O–H groups in total. The summed E-state index contributed by atoms with van der Waals surface area (Å²) in [6.07, 6.45) is 0.865. The molecular weight excluding hydrogens is 356 g/mol. The lowest BCUT2D eigenvalue weighted by atomic mass is 10.0. The lowest BCUT2D eigenvalue weighted by Gasteiger charge is -2.35. The first-order valence-corrected chi connectivity index (χ1v) is 9.87. The SMILES string of the molecule is CCc1ccsc1C(=O)NCC(c1ccccc1Cl)N1CCOCC1. The maximum Gasteiger partial charge on any atom is 0.261 e. The number of carbonyl (C=O) groups is 1. The summed E-state index contributed by atoms with van der Waals surface area (Å²) in [7, 11) is 0. The average molecular weight is 379 g/mol. The van der Waals surface area contributed by atoms with Crippen LogP contribution in [0.1, 0.15) is 33.8 Å². The van der Waals surface area contributed by atoms with Gasteiger partial charge in [0.15, 0.2) is 0 Å². The van der Waals surface area contributed by atoms with Gasteiger partial charge in [0.1, 0.15) is 0 Å². The molecule has 1 aliphatic rings. The van der Waals surface area contributed by atoms with Crippen LogP contribution in [0.2, 0.25) is 5.02 Å². The van der Waals surface area contributed by atoms with E-state index in [1.807, 2.05) is 35.7 Å². The summed E-state index contributed by atoms with van der Waals surface area (Å²) in [5, 5.41) is 5.82. The Morgan fingerprint density at radius 3 is 2.80 bits per heavy atom. The zero-order chi connectivity index (χ0) is 17.6. The molecular formula is C19H23ClN2O2S. The third kappa shape index (κ3) is 4.42. The topological polar surface area (TPSA) is 41.6 Å². The molecule has 1 amide bonds. The van der Waals surface area contributed by atoms with Crippen molar-refractivity contribution >= 4 is 28.8 Å². The Hall–Kier alpha value is -1.40. The molecule has 0 spiro atoms. The predicted molar refractivity (Wildman–Crippen MR) is 103 cm³/mol. The summed E-state index contributed by atoms with van der Waals surface area (Å²) in [5.41, 5.74) is 2.15. The first kappa shape index (κ1) is 18.4. The zero-order valence-corrected chi connectivity index (χ0v) is 15.9. The van der Waals surface area contributed by atoms with Gasteiger partial charge in [0.05, 0.1) is 24.1 Å². The number of thiophene rings is 1. The Bertz CT molecular complexity index is 713. The summed E-state index contributed by atoms with van der Waals surface area (Å²) in [4.78, 5) is 15.8. The van der Waals surface area contributed by atoms with Crippen LogP contribution in [-0.2, 0) is 11.2 Å². The molecule has 1 fully saturated rings. The number of carbonyl (C=O) groups excluding carboxylic acids is 1. The van der Waals surface area contributed by atoms with Crippen molar-refractivity contribution in [3.05, 3.63) is 56.7 Å². The van der Waals surface area contributed by atoms with Gasteiger partial charge in [0.25, 0.3) is 5.91 Å². The summed E-state index contributed by atoms with van der Waals surface area (Å²) in [6, 6.07) is 9.93. The molecule has 2 aromatic rings. The highest BCUT2D eigenvalue weighted by Gasteiger charge is 2.25. The smallest absolute Gasteiger partial charge is 0.261 e. The van der Waals surface area contributed by atoms with E-state index in [0.29, 0.717) is 19.8 Å². The normalized spacial score (nSPS) is 16.6. The van der Waals surface area contributed by atoms with E-state index < -0.39 is 0 Å². The standard InChI is InChI=1S/C19H23ClN2O2S/c1-2-14-7-12-25-18(14)19(23)21-13-17(22-8-10-24-11-9-22)15-5-3-4-6-16(15)20/h3-7,12,17H,2,8-11,13H2,1H3,(H,21,23). The van der Waals surface area contributed by atoms with Crippen LogP contribution in [0.25, 0.3) is 0 Å². The maximum atomic E-state index is 12.6. The second kappa shape index (κ2) is 8.81. The molecule has 4 nitrogen and oxygen atoms in total. The van der Waals surface area contributed by atoms with Crippen molar-refractivity contribution in [3.8, 4) is 0 Å². The number of hydrogen-bond acceptors (Lipinski definition) is 4. The van der Waals surface area contributed by atoms with Gasteiger partial charge in [0.2, 0.25) is 0 Å². The van der Waals surface area contributed by atoms with E-state index in [1.54, 1.807) is 0 Å². The molecule has 134 valence electrons. The molecule has 1 aliphatic heterocycles. The van der Waals surface area contributed by atoms with Gasteiger partial charge < -0.3 is 10.1 Å². The average Bonchev–Trinajstić information content (AvgIpc) is 3.13. The molecule has 0 saturated carbocycles. The Balaban J connectivity index is 1.76. The van der Waals surface area contributed by atoms with E-state index in [1.165, 1.54) is 11.3 Å². The number of ether oxygens (including phenoxy) is 1. The molecule has 25 heavy (non-hydrogen) atoms. The highest BCUT2D eigenvalue weighted by atomic mass is 35.5. The summed E-state index contributed by atoms with van der Waals surface area (Å²) in [5.74, 6) is -0.00263. The van der Waals surface area contributed by atoms with Gasteiger partial charge in [-0.2, -0.15) is 0 Å². The zero-order valence-electron chi connectivity index (χ0n) is 14.3. The molecule has 2 heterocycles. The van der Waals surface area contributed by atoms with E-state index >= 15 is 0 Å². The highest BCUT2D eigenvalue weighted by Crippen LogP contribution is 2.28. The molecule has 1 saturated heterocycles. The summed E-state index contributed by atoms with van der Waals surface area (Å²) >= 11 is 7.93. The Morgan fingerprint density at radius 2 is 2.08 bits per heavy atom. The van der Waals surface area contributed by atoms with Crippen LogP contribution in [0.15, 0.2) is 35.7 Å². The molecule has 6 heteroatoms. The van der Waals surface area contributed by atoms with E-state index in [-0.39, 0.29) is 11.9 Å². The van der Waals surface area contributed by atoms with Gasteiger partial charge in [-0.15, -0.1) is 11.3 Å². The number of hydrogen-bond donors (Lipinski definition) is 1. The molecule has 0 bridgehead atoms. The van der Waals surface area contributed by atoms with E-state index in [4.69, 9.17) is 16.3 Å². The third-order valence-electron chi connectivity index (χ3n) is 4.54. The fraction of sp³-hybridized carbons (Fsp3) is 0.421. The minimum absolute atomic E-state index is 0.00263. The van der Waals surface area contributed by atoms with E-state index in [9.17, 15) is 4.79 Å². The van der Waals surface area contributed by atoms with Crippen LogP contribution < -0.4 is 5.32 Å². The van der Waals surface area contributed by atoms with Crippen molar-refractivity contribution in [1.29, 1.82) is 0 Å². The number of amides is 1. The lowest BCUT2D eigenvalue weighted by Crippen LogP contribution is -2.44. The maximum absolute atomic E-state index is 12.6. The Kier molecular flexibility index (Phi) is 6.48. The van der Waals surface area contributed by atoms with Crippen LogP contribution in [0, 0.1) is 0 Å². The van der Waals surface area contributed by atoms with Crippen LogP contribution in [-0.4, -0.2) is 43.7 Å². The van der Waals surface area contributed by atoms with Crippen LogP contribution in [0.3, 0.4) is 0 Å². The Morgan fingerprint density at radius 1 is 1.32 bits per heavy atom. The number of aryl methyl sites for hydroxylation is 1. The second-order valence-corrected chi connectivity index (χ2v) is 7.35. The number of halogens is 1. The minimum atomic E-state index is -0.00263. The van der Waals surface area contributed by atoms with Crippen molar-refractivity contribution in [2.75, 3.05) is 32.8 Å². The number of benzene rings is 1. The molecule has 3 rings (SSSR count). The first-order valence-electron chi connectivity index (χ1n) is 8.61. The van der Waals surface area contributed by atoms with Gasteiger partial charge in [-0.25, -0.2) is 0 Å². The minimum Gasteiger partial charge on any atom is -0.379 e. The molecule has 1 atom stereocenters. The van der Waals surface area contributed by atoms with E-state index in [2.05, 4.69) is 17.1 Å². The molecule has 0 aliphatic carbocycles. The van der Waals surface area contributed by atoms with Crippen LogP contribution >= 0.6 is 22.9 Å². The van der Waals surface area contributed by atoms with Crippen molar-refractivity contribution < 1.29 is 9.53 Å². The fourth-order valence-electron chi connectivity index (χ4n) is 3.15. The third-order valence-corrected chi connectivity index (χ3v) is 5.84. The monoisotopic (exact) mass is 378 g/mol. The van der Waals surface area contributed by atoms with Crippen molar-refractivity contribution in [1.82, 2.24) is 10.2 Å². The van der Waals surface area contributed by atoms with Gasteiger partial charge in [0, 0.05) is 24.7 Å². The number of nitrogens with one attached hydrogen (secondary N) is 1. The fourth-order valence-corrected chi connectivity index (χ4v) is 4.33. The molecule has 1 aromatic carbocycles. The summed E-state index contributed by atoms with van der Waals surface area (Å²) < 4.78 is 5.47. The van der Waals surface area contributed by atoms with Gasteiger partial charge >= 0.3 is 0 Å². The number of rotatable bonds is 6. The van der Waals surface area contributed by atoms with Gasteiger partial charge in [-0.1, -0.05) is 36.7 Å². The highest BCUT2D eigenvalue weighted by molar-refractivity contribution is 7.12.